The lowest BCUT2D eigenvalue weighted by atomic mass is 10.2. The molecule has 1 heterocycles. The molecule has 0 aliphatic carbocycles. The lowest BCUT2D eigenvalue weighted by Gasteiger charge is -2.06. The van der Waals surface area contributed by atoms with Gasteiger partial charge in [0.25, 0.3) is 17.1 Å². The molecule has 2 aromatic rings. The molecule has 0 fully saturated rings. The average Bonchev–Trinajstić information content (AvgIpc) is 2.55. The molecule has 25 heavy (non-hydrogen) atoms. The quantitative estimate of drug-likeness (QED) is 0.441. The van der Waals surface area contributed by atoms with Crippen LogP contribution in [0.4, 0.5) is 17.1 Å². The van der Waals surface area contributed by atoms with Crippen LogP contribution in [0.25, 0.3) is 0 Å². The van der Waals surface area contributed by atoms with E-state index in [1.807, 2.05) is 54.4 Å². The fourth-order valence-electron chi connectivity index (χ4n) is 1.62. The van der Waals surface area contributed by atoms with Gasteiger partial charge < -0.3 is 5.11 Å². The second-order valence-electron chi connectivity index (χ2n) is 4.69. The third kappa shape index (κ3) is 5.09. The second kappa shape index (κ2) is 8.14. The molecule has 0 amide bonds. The first-order chi connectivity index (χ1) is 11.6. The highest BCUT2D eigenvalue weighted by atomic mass is 16.6. The number of pyridine rings is 1. The molecule has 12 heteroatoms. The van der Waals surface area contributed by atoms with E-state index in [0.29, 0.717) is 12.1 Å². The summed E-state index contributed by atoms with van der Waals surface area (Å²) in [5.74, 6) is -1.46. The van der Waals surface area contributed by atoms with Crippen molar-refractivity contribution in [1.82, 2.24) is 0 Å². The monoisotopic (exact) mass is 351 g/mol. The van der Waals surface area contributed by atoms with Crippen molar-refractivity contribution < 1.29 is 24.6 Å². The van der Waals surface area contributed by atoms with E-state index in [1.165, 1.54) is 0 Å². The van der Waals surface area contributed by atoms with Crippen molar-refractivity contribution in [2.75, 3.05) is 19.1 Å². The summed E-state index contributed by atoms with van der Waals surface area (Å²) in [6, 6.07) is 6.77. The lowest BCUT2D eigenvalue weighted by Crippen LogP contribution is -2.51. The van der Waals surface area contributed by atoms with Crippen LogP contribution < -0.4 is 14.8 Å². The van der Waals surface area contributed by atoms with Crippen LogP contribution in [0.1, 0.15) is 0 Å². The topological polar surface area (TPSA) is 160 Å². The Morgan fingerprint density at radius 1 is 0.840 bits per heavy atom. The van der Waals surface area contributed by atoms with E-state index in [1.54, 1.807) is 0 Å². The van der Waals surface area contributed by atoms with Gasteiger partial charge in [0.2, 0.25) is 0 Å². The van der Waals surface area contributed by atoms with Gasteiger partial charge in [-0.05, 0) is 0 Å². The third-order valence-electron chi connectivity index (χ3n) is 2.80. The highest BCUT2D eigenvalue weighted by Crippen LogP contribution is 2.36. The van der Waals surface area contributed by atoms with Crippen molar-refractivity contribution in [3.63, 3.8) is 0 Å². The van der Waals surface area contributed by atoms with Crippen LogP contribution in [0.5, 0.6) is 5.75 Å². The van der Waals surface area contributed by atoms with Crippen LogP contribution in [0.3, 0.4) is 0 Å². The Morgan fingerprint density at radius 2 is 1.28 bits per heavy atom. The van der Waals surface area contributed by atoms with Gasteiger partial charge in [0, 0.05) is 12.1 Å². The van der Waals surface area contributed by atoms with Gasteiger partial charge in [-0.25, -0.2) is 0 Å². The molecule has 1 aromatic heterocycles. The van der Waals surface area contributed by atoms with Gasteiger partial charge in [-0.3, -0.25) is 30.3 Å². The van der Waals surface area contributed by atoms with Crippen LogP contribution in [0, 0.1) is 30.3 Å². The van der Waals surface area contributed by atoms with Gasteiger partial charge in [-0.1, -0.05) is 10.7 Å². The summed E-state index contributed by atoms with van der Waals surface area (Å²) in [6.45, 7) is 0. The number of nitrogens with zero attached hydrogens (tertiary/aromatic N) is 5. The van der Waals surface area contributed by atoms with Crippen LogP contribution in [-0.2, 0) is 0 Å². The lowest BCUT2D eigenvalue weighted by molar-refractivity contribution is -0.687. The molecule has 2 rings (SSSR count). The third-order valence-corrected chi connectivity index (χ3v) is 2.80. The summed E-state index contributed by atoms with van der Waals surface area (Å²) in [7, 11) is 4.00. The zero-order valence-corrected chi connectivity index (χ0v) is 13.1. The first-order valence-corrected chi connectivity index (χ1v) is 6.57. The molecular weight excluding hydrogens is 338 g/mol. The minimum atomic E-state index is -1.46. The predicted molar refractivity (Wildman–Crippen MR) is 82.6 cm³/mol. The summed E-state index contributed by atoms with van der Waals surface area (Å²) in [5, 5.41) is 44.1. The second-order valence-corrected chi connectivity index (χ2v) is 4.69. The Hall–Kier alpha value is -3.83. The summed E-state index contributed by atoms with van der Waals surface area (Å²) in [5.41, 5.74) is -3.26. The van der Waals surface area contributed by atoms with E-state index >= 15 is 0 Å². The van der Waals surface area contributed by atoms with Crippen molar-refractivity contribution in [1.29, 1.82) is 0 Å². The van der Waals surface area contributed by atoms with E-state index < -0.39 is 37.6 Å². The Bertz CT molecular complexity index is 760. The molecule has 132 valence electrons. The molecule has 0 N–H and O–H groups in total. The van der Waals surface area contributed by atoms with Crippen molar-refractivity contribution >= 4 is 17.1 Å². The fraction of sp³-hybridized carbons (Fsp3) is 0.154. The number of non-ortho nitro benzene ring substituents is 1. The van der Waals surface area contributed by atoms with Crippen molar-refractivity contribution in [2.45, 2.75) is 0 Å². The molecule has 12 nitrogen and oxygen atoms in total. The summed E-state index contributed by atoms with van der Waals surface area (Å²) < 4.78 is 2.00. The number of nitro benzene ring substituents is 3. The number of aromatic nitrogens is 1. The Kier molecular flexibility index (Phi) is 6.26. The first kappa shape index (κ1) is 19.2. The smallest absolute Gasteiger partial charge is 0.283 e. The summed E-state index contributed by atoms with van der Waals surface area (Å²) in [4.78, 5) is 27.5. The van der Waals surface area contributed by atoms with Gasteiger partial charge in [0.15, 0.2) is 12.4 Å². The van der Waals surface area contributed by atoms with E-state index in [2.05, 4.69) is 0 Å². The van der Waals surface area contributed by atoms with Gasteiger partial charge in [-0.15, -0.1) is 0 Å². The minimum absolute atomic E-state index is 0.384. The zero-order valence-electron chi connectivity index (χ0n) is 13.1. The molecule has 0 aliphatic heterocycles. The van der Waals surface area contributed by atoms with Gasteiger partial charge in [0.05, 0.1) is 46.7 Å². The predicted octanol–water partition coefficient (Wildman–Crippen LogP) is 0.656. The zero-order chi connectivity index (χ0) is 19.1. The maximum absolute atomic E-state index is 11.1. The van der Waals surface area contributed by atoms with E-state index in [9.17, 15) is 35.4 Å². The molecule has 0 atom stereocenters. The van der Waals surface area contributed by atoms with Crippen LogP contribution >= 0.6 is 0 Å². The van der Waals surface area contributed by atoms with Crippen LogP contribution in [0.2, 0.25) is 0 Å². The minimum Gasteiger partial charge on any atom is -0.863 e. The molecule has 0 radical (unpaired) electrons. The van der Waals surface area contributed by atoms with Crippen molar-refractivity contribution in [2.24, 2.45) is 0 Å². The maximum Gasteiger partial charge on any atom is 0.283 e. The van der Waals surface area contributed by atoms with E-state index in [-0.39, 0.29) is 0 Å². The van der Waals surface area contributed by atoms with Crippen molar-refractivity contribution in [3.8, 4) is 5.75 Å². The van der Waals surface area contributed by atoms with Gasteiger partial charge in [0.1, 0.15) is 0 Å². The SMILES string of the molecule is CN(C)[n+]1ccccc1.O=[N+]([O-])c1cc([N+](=O)[O-])c([O-])c([N+](=O)[O-])c1. The normalized spacial score (nSPS) is 9.52. The Balaban J connectivity index is 0.000000293. The van der Waals surface area contributed by atoms with E-state index in [0.717, 1.165) is 0 Å². The average molecular weight is 351 g/mol. The Labute approximate surface area is 140 Å². The van der Waals surface area contributed by atoms with Crippen LogP contribution in [0.15, 0.2) is 42.7 Å². The first-order valence-electron chi connectivity index (χ1n) is 6.57. The highest BCUT2D eigenvalue weighted by Gasteiger charge is 2.24. The molecule has 0 bridgehead atoms. The largest absolute Gasteiger partial charge is 0.863 e. The highest BCUT2D eigenvalue weighted by molar-refractivity contribution is 5.63. The van der Waals surface area contributed by atoms with Crippen LogP contribution in [-0.4, -0.2) is 28.9 Å². The van der Waals surface area contributed by atoms with Gasteiger partial charge in [-0.2, -0.15) is 5.01 Å². The van der Waals surface area contributed by atoms with E-state index in [4.69, 9.17) is 0 Å². The molecular formula is C13H13N5O7. The molecule has 0 unspecified atom stereocenters. The standard InChI is InChI=1S/C7H11N2.C6H3N3O7/c1-8(2)9-6-4-3-5-7-9;10-6-4(8(13)14)1-3(7(11)12)2-5(6)9(15)16/h3-7H,1-2H3;1-2,10H/q+1;/p-1. The molecule has 0 saturated heterocycles. The van der Waals surface area contributed by atoms with Gasteiger partial charge >= 0.3 is 0 Å². The number of benzene rings is 1. The summed E-state index contributed by atoms with van der Waals surface area (Å²) in [6.07, 6.45) is 4.00. The molecule has 1 aromatic carbocycles. The Morgan fingerprint density at radius 3 is 1.56 bits per heavy atom. The molecule has 0 saturated carbocycles. The number of rotatable bonds is 4. The molecule has 0 aliphatic rings. The number of nitro groups is 3. The summed E-state index contributed by atoms with van der Waals surface area (Å²) >= 11 is 0. The fourth-order valence-corrected chi connectivity index (χ4v) is 1.62. The maximum atomic E-state index is 11.1. The number of hydrogen-bond donors (Lipinski definition) is 0. The molecule has 0 spiro atoms. The number of hydrogen-bond acceptors (Lipinski definition) is 8. The van der Waals surface area contributed by atoms with Crippen molar-refractivity contribution in [3.05, 3.63) is 73.1 Å².